The summed E-state index contributed by atoms with van der Waals surface area (Å²) in [5.41, 5.74) is 6.72. The molecular formula is C21H29N5O2. The molecule has 28 heavy (non-hydrogen) atoms. The number of carbonyl (C=O) groups excluding carboxylic acids is 1. The van der Waals surface area contributed by atoms with Crippen LogP contribution in [0.15, 0.2) is 36.4 Å². The number of benzene rings is 1. The minimum absolute atomic E-state index is 0.108. The predicted molar refractivity (Wildman–Crippen MR) is 109 cm³/mol. The smallest absolute Gasteiger partial charge is 0.272 e. The van der Waals surface area contributed by atoms with Crippen molar-refractivity contribution in [2.75, 3.05) is 32.9 Å². The van der Waals surface area contributed by atoms with E-state index in [4.69, 9.17) is 5.73 Å². The van der Waals surface area contributed by atoms with E-state index >= 15 is 0 Å². The zero-order chi connectivity index (χ0) is 20.5. The molecule has 3 rings (SSSR count). The summed E-state index contributed by atoms with van der Waals surface area (Å²) in [6.45, 7) is 4.84. The first kappa shape index (κ1) is 20.2. The maximum absolute atomic E-state index is 13.1. The molecule has 7 heteroatoms. The van der Waals surface area contributed by atoms with E-state index in [1.54, 1.807) is 11.0 Å². The lowest BCUT2D eigenvalue weighted by Gasteiger charge is -2.47. The van der Waals surface area contributed by atoms with Crippen LogP contribution in [0, 0.1) is 0 Å². The Morgan fingerprint density at radius 3 is 2.57 bits per heavy atom. The largest absolute Gasteiger partial charge is 0.383 e. The lowest BCUT2D eigenvalue weighted by Crippen LogP contribution is -2.60. The molecule has 1 aliphatic rings. The quantitative estimate of drug-likeness (QED) is 0.837. The number of likely N-dealkylation sites (N-methyl/N-ethyl adjacent to an activating group) is 1. The van der Waals surface area contributed by atoms with Gasteiger partial charge in [0.15, 0.2) is 0 Å². The van der Waals surface area contributed by atoms with Gasteiger partial charge in [0.2, 0.25) is 5.95 Å². The highest BCUT2D eigenvalue weighted by Crippen LogP contribution is 2.35. The number of amides is 1. The molecule has 2 aromatic rings. The zero-order valence-electron chi connectivity index (χ0n) is 17.0. The van der Waals surface area contributed by atoms with Crippen LogP contribution in [0.3, 0.4) is 0 Å². The molecule has 2 heterocycles. The van der Waals surface area contributed by atoms with Crippen molar-refractivity contribution in [1.82, 2.24) is 19.8 Å². The van der Waals surface area contributed by atoms with Crippen molar-refractivity contribution in [3.8, 4) is 0 Å². The van der Waals surface area contributed by atoms with Crippen LogP contribution < -0.4 is 5.73 Å². The van der Waals surface area contributed by atoms with Crippen molar-refractivity contribution in [1.29, 1.82) is 0 Å². The molecular weight excluding hydrogens is 354 g/mol. The van der Waals surface area contributed by atoms with E-state index in [-0.39, 0.29) is 23.8 Å². The Balaban J connectivity index is 1.87. The summed E-state index contributed by atoms with van der Waals surface area (Å²) in [7, 11) is 3.85. The number of hydrogen-bond acceptors (Lipinski definition) is 6. The van der Waals surface area contributed by atoms with Gasteiger partial charge in [0.05, 0.1) is 6.04 Å². The monoisotopic (exact) mass is 383 g/mol. The molecule has 1 aliphatic heterocycles. The van der Waals surface area contributed by atoms with Crippen molar-refractivity contribution in [2.45, 2.75) is 37.8 Å². The summed E-state index contributed by atoms with van der Waals surface area (Å²) in [6.07, 6.45) is 0.448. The second-order valence-electron chi connectivity index (χ2n) is 7.96. The molecule has 1 aromatic heterocycles. The number of anilines is 1. The number of rotatable bonds is 4. The number of piperidine rings is 1. The number of aliphatic hydroxyl groups is 1. The molecule has 1 amide bonds. The average Bonchev–Trinajstić information content (AvgIpc) is 2.67. The van der Waals surface area contributed by atoms with Gasteiger partial charge in [0.1, 0.15) is 11.3 Å². The van der Waals surface area contributed by atoms with E-state index in [1.807, 2.05) is 63.2 Å². The van der Waals surface area contributed by atoms with Crippen LogP contribution in [-0.4, -0.2) is 64.0 Å². The molecule has 2 atom stereocenters. The van der Waals surface area contributed by atoms with Crippen LogP contribution in [0.2, 0.25) is 0 Å². The van der Waals surface area contributed by atoms with Gasteiger partial charge in [-0.2, -0.15) is 0 Å². The Morgan fingerprint density at radius 2 is 1.96 bits per heavy atom. The molecule has 7 nitrogen and oxygen atoms in total. The first-order chi connectivity index (χ1) is 13.2. The van der Waals surface area contributed by atoms with Crippen LogP contribution in [0.4, 0.5) is 5.95 Å². The fraction of sp³-hybridized carbons (Fsp3) is 0.476. The number of aromatic nitrogens is 2. The third-order valence-electron chi connectivity index (χ3n) is 5.47. The summed E-state index contributed by atoms with van der Waals surface area (Å²) >= 11 is 0. The summed E-state index contributed by atoms with van der Waals surface area (Å²) < 4.78 is 0. The highest BCUT2D eigenvalue weighted by molar-refractivity contribution is 5.92. The van der Waals surface area contributed by atoms with Gasteiger partial charge in [0.25, 0.3) is 5.91 Å². The standard InChI is InChI=1S/C21H29N5O2/c1-14(2)16-12-17(24-20(22)23-16)19(27)26-11-10-21(28,18(13-26)25(3)4)15-8-6-5-7-9-15/h5-9,12,14,18,28H,10-11,13H2,1-4H3,(H2,22,23,24)/t18-,21+/m1/s1. The molecule has 0 spiro atoms. The third-order valence-corrected chi connectivity index (χ3v) is 5.47. The lowest BCUT2D eigenvalue weighted by molar-refractivity contribution is -0.0811. The number of carbonyl (C=O) groups is 1. The first-order valence-corrected chi connectivity index (χ1v) is 9.60. The second kappa shape index (κ2) is 7.85. The van der Waals surface area contributed by atoms with Crippen molar-refractivity contribution >= 4 is 11.9 Å². The van der Waals surface area contributed by atoms with Crippen molar-refractivity contribution in [2.24, 2.45) is 0 Å². The van der Waals surface area contributed by atoms with Crippen molar-refractivity contribution in [3.63, 3.8) is 0 Å². The SMILES string of the molecule is CC(C)c1cc(C(=O)N2CC[C@](O)(c3ccccc3)[C@H](N(C)C)C2)nc(N)n1. The third kappa shape index (κ3) is 3.86. The fourth-order valence-electron chi connectivity index (χ4n) is 3.81. The van der Waals surface area contributed by atoms with E-state index in [9.17, 15) is 9.90 Å². The summed E-state index contributed by atoms with van der Waals surface area (Å²) in [4.78, 5) is 25.2. The fourth-order valence-corrected chi connectivity index (χ4v) is 3.81. The Morgan fingerprint density at radius 1 is 1.29 bits per heavy atom. The number of nitrogen functional groups attached to an aromatic ring is 1. The lowest BCUT2D eigenvalue weighted by atomic mass is 9.79. The summed E-state index contributed by atoms with van der Waals surface area (Å²) in [5, 5.41) is 11.5. The first-order valence-electron chi connectivity index (χ1n) is 9.60. The highest BCUT2D eigenvalue weighted by atomic mass is 16.3. The van der Waals surface area contributed by atoms with Gasteiger partial charge in [-0.05, 0) is 38.1 Å². The van der Waals surface area contributed by atoms with E-state index < -0.39 is 5.60 Å². The topological polar surface area (TPSA) is 95.6 Å². The second-order valence-corrected chi connectivity index (χ2v) is 7.96. The number of hydrogen-bond donors (Lipinski definition) is 2. The van der Waals surface area contributed by atoms with E-state index in [2.05, 4.69) is 9.97 Å². The normalized spacial score (nSPS) is 22.7. The number of nitrogens with zero attached hydrogens (tertiary/aromatic N) is 4. The van der Waals surface area contributed by atoms with Crippen molar-refractivity contribution < 1.29 is 9.90 Å². The Kier molecular flexibility index (Phi) is 5.67. The minimum Gasteiger partial charge on any atom is -0.383 e. The molecule has 3 N–H and O–H groups in total. The van der Waals surface area contributed by atoms with E-state index in [0.717, 1.165) is 11.3 Å². The predicted octanol–water partition coefficient (Wildman–Crippen LogP) is 1.85. The summed E-state index contributed by atoms with van der Waals surface area (Å²) in [6, 6.07) is 11.1. The zero-order valence-corrected chi connectivity index (χ0v) is 17.0. The highest BCUT2D eigenvalue weighted by Gasteiger charge is 2.45. The van der Waals surface area contributed by atoms with Crippen LogP contribution in [0.25, 0.3) is 0 Å². The molecule has 0 bridgehead atoms. The number of likely N-dealkylation sites (tertiary alicyclic amines) is 1. The number of nitrogens with two attached hydrogens (primary N) is 1. The van der Waals surface area contributed by atoms with Crippen LogP contribution in [-0.2, 0) is 5.60 Å². The Labute approximate surface area is 166 Å². The van der Waals surface area contributed by atoms with Gasteiger partial charge in [-0.15, -0.1) is 0 Å². The van der Waals surface area contributed by atoms with E-state index in [0.29, 0.717) is 25.2 Å². The Bertz CT molecular complexity index is 840. The van der Waals surface area contributed by atoms with Gasteiger partial charge in [-0.1, -0.05) is 44.2 Å². The molecule has 0 radical (unpaired) electrons. The minimum atomic E-state index is -1.02. The van der Waals surface area contributed by atoms with Crippen molar-refractivity contribution in [3.05, 3.63) is 53.3 Å². The van der Waals surface area contributed by atoms with Gasteiger partial charge in [-0.3, -0.25) is 4.79 Å². The maximum atomic E-state index is 13.1. The van der Waals surface area contributed by atoms with Gasteiger partial charge in [-0.25, -0.2) is 9.97 Å². The van der Waals surface area contributed by atoms with Gasteiger partial charge in [0, 0.05) is 18.8 Å². The molecule has 0 unspecified atom stereocenters. The van der Waals surface area contributed by atoms with Gasteiger partial charge >= 0.3 is 0 Å². The molecule has 0 aliphatic carbocycles. The molecule has 1 saturated heterocycles. The average molecular weight is 383 g/mol. The van der Waals surface area contributed by atoms with E-state index in [1.165, 1.54) is 0 Å². The van der Waals surface area contributed by atoms with Gasteiger partial charge < -0.3 is 20.6 Å². The molecule has 150 valence electrons. The van der Waals surface area contributed by atoms with Crippen LogP contribution in [0.1, 0.15) is 47.9 Å². The molecule has 1 fully saturated rings. The Hall–Kier alpha value is -2.51. The van der Waals surface area contributed by atoms with Crippen LogP contribution in [0.5, 0.6) is 0 Å². The maximum Gasteiger partial charge on any atom is 0.272 e. The summed E-state index contributed by atoms with van der Waals surface area (Å²) in [5.74, 6) is 0.0744. The van der Waals surface area contributed by atoms with Crippen LogP contribution >= 0.6 is 0 Å². The molecule has 0 saturated carbocycles. The molecule has 1 aromatic carbocycles.